The van der Waals surface area contributed by atoms with E-state index in [1.54, 1.807) is 7.11 Å². The van der Waals surface area contributed by atoms with Crippen LogP contribution in [0.2, 0.25) is 0 Å². The summed E-state index contributed by atoms with van der Waals surface area (Å²) in [6.45, 7) is 7.56. The number of hydrogen-bond acceptors (Lipinski definition) is 5. The molecule has 1 amide bonds. The van der Waals surface area contributed by atoms with Crippen molar-refractivity contribution < 1.29 is 29.6 Å². The molecule has 5 fully saturated rings. The van der Waals surface area contributed by atoms with Gasteiger partial charge in [0.1, 0.15) is 6.04 Å². The van der Waals surface area contributed by atoms with E-state index in [2.05, 4.69) is 20.8 Å². The summed E-state index contributed by atoms with van der Waals surface area (Å²) in [6, 6.07) is -0.782. The van der Waals surface area contributed by atoms with Crippen LogP contribution in [0.4, 0.5) is 0 Å². The van der Waals surface area contributed by atoms with Gasteiger partial charge in [0, 0.05) is 26.5 Å². The third-order valence-corrected chi connectivity index (χ3v) is 12.4. The van der Waals surface area contributed by atoms with Crippen LogP contribution < -0.4 is 0 Å². The van der Waals surface area contributed by atoms with Gasteiger partial charge in [-0.1, -0.05) is 20.8 Å². The Kier molecular flexibility index (Phi) is 7.47. The highest BCUT2D eigenvalue weighted by Crippen LogP contribution is 2.68. The van der Waals surface area contributed by atoms with Gasteiger partial charge in [-0.3, -0.25) is 4.79 Å². The van der Waals surface area contributed by atoms with E-state index in [9.17, 15) is 24.9 Å². The molecule has 0 bridgehead atoms. The van der Waals surface area contributed by atoms with Crippen LogP contribution in [-0.2, 0) is 14.3 Å². The van der Waals surface area contributed by atoms with Crippen molar-refractivity contribution in [3.8, 4) is 0 Å². The normalized spacial score (nSPS) is 48.2. The quantitative estimate of drug-likeness (QED) is 0.488. The van der Waals surface area contributed by atoms with E-state index >= 15 is 0 Å². The van der Waals surface area contributed by atoms with Gasteiger partial charge in [0.15, 0.2) is 0 Å². The van der Waals surface area contributed by atoms with Crippen LogP contribution in [0.3, 0.4) is 0 Å². The third kappa shape index (κ3) is 4.55. The highest BCUT2D eigenvalue weighted by Gasteiger charge is 2.62. The lowest BCUT2D eigenvalue weighted by Gasteiger charge is -2.62. The average molecular weight is 520 g/mol. The van der Waals surface area contributed by atoms with Crippen LogP contribution in [0.5, 0.6) is 0 Å². The lowest BCUT2D eigenvalue weighted by Crippen LogP contribution is -2.58. The maximum Gasteiger partial charge on any atom is 0.326 e. The molecular formula is C30H49NO6. The molecule has 0 aromatic carbocycles. The summed E-state index contributed by atoms with van der Waals surface area (Å²) >= 11 is 0. The number of nitrogens with zero attached hydrogens (tertiary/aromatic N) is 1. The van der Waals surface area contributed by atoms with E-state index in [-0.39, 0.29) is 35.0 Å². The Bertz CT molecular complexity index is 880. The minimum absolute atomic E-state index is 0.0663. The molecule has 7 nitrogen and oxygen atoms in total. The first-order valence-corrected chi connectivity index (χ1v) is 14.9. The highest BCUT2D eigenvalue weighted by molar-refractivity contribution is 5.84. The molecule has 37 heavy (non-hydrogen) atoms. The fraction of sp³-hybridized carbons (Fsp3) is 0.933. The van der Waals surface area contributed by atoms with E-state index in [1.807, 2.05) is 0 Å². The number of carbonyl (C=O) groups is 2. The van der Waals surface area contributed by atoms with Gasteiger partial charge < -0.3 is 25.0 Å². The molecule has 4 aliphatic carbocycles. The number of rotatable bonds is 6. The summed E-state index contributed by atoms with van der Waals surface area (Å²) in [4.78, 5) is 26.3. The van der Waals surface area contributed by atoms with Crippen LogP contribution in [0.25, 0.3) is 0 Å². The zero-order chi connectivity index (χ0) is 26.7. The van der Waals surface area contributed by atoms with Crippen molar-refractivity contribution in [2.75, 3.05) is 13.7 Å². The fourth-order valence-electron chi connectivity index (χ4n) is 10.3. The molecule has 1 aliphatic heterocycles. The number of carboxylic acid groups (broad SMARTS) is 1. The molecule has 0 aromatic rings. The van der Waals surface area contributed by atoms with Gasteiger partial charge in [-0.25, -0.2) is 4.79 Å². The number of aliphatic carboxylic acids is 1. The molecular weight excluding hydrogens is 470 g/mol. The molecule has 4 saturated carbocycles. The number of hydrogen-bond donors (Lipinski definition) is 3. The topological polar surface area (TPSA) is 107 Å². The van der Waals surface area contributed by atoms with Gasteiger partial charge >= 0.3 is 5.97 Å². The minimum atomic E-state index is -0.946. The Labute approximate surface area is 222 Å². The molecule has 3 N–H and O–H groups in total. The highest BCUT2D eigenvalue weighted by atomic mass is 16.5. The molecule has 0 radical (unpaired) electrons. The molecule has 1 heterocycles. The van der Waals surface area contributed by atoms with Crippen molar-refractivity contribution in [1.29, 1.82) is 0 Å². The summed E-state index contributed by atoms with van der Waals surface area (Å²) in [6.07, 6.45) is 9.14. The van der Waals surface area contributed by atoms with Gasteiger partial charge in [-0.2, -0.15) is 0 Å². The first kappa shape index (κ1) is 27.4. The average Bonchev–Trinajstić information content (AvgIpc) is 3.45. The van der Waals surface area contributed by atoms with Gasteiger partial charge in [-0.15, -0.1) is 0 Å². The Morgan fingerprint density at radius 2 is 1.70 bits per heavy atom. The van der Waals surface area contributed by atoms with Crippen LogP contribution in [0.15, 0.2) is 0 Å². The van der Waals surface area contributed by atoms with Crippen LogP contribution in [0, 0.1) is 46.3 Å². The number of carboxylic acids is 1. The third-order valence-electron chi connectivity index (χ3n) is 12.4. The number of fused-ring (bicyclic) bond motifs is 5. The summed E-state index contributed by atoms with van der Waals surface area (Å²) in [5.41, 5.74) is 0.414. The maximum absolute atomic E-state index is 13.1. The SMILES string of the molecule is COC1C[C@@H](C(=O)O)N(C(=O)CC[C@@H](C)[C@H]2CC[C@H]3[C@@H]4[C@@H](O)C[C@@H]5C[C@H](O)CC[C@]5(C)[C@H]4CC[C@]23C)C1. The molecule has 1 unspecified atom stereocenters. The predicted octanol–water partition coefficient (Wildman–Crippen LogP) is 4.09. The lowest BCUT2D eigenvalue weighted by atomic mass is 9.43. The molecule has 1 saturated heterocycles. The van der Waals surface area contributed by atoms with E-state index in [1.165, 1.54) is 11.3 Å². The van der Waals surface area contributed by atoms with Crippen molar-refractivity contribution in [3.63, 3.8) is 0 Å². The van der Waals surface area contributed by atoms with Gasteiger partial charge in [0.25, 0.3) is 0 Å². The van der Waals surface area contributed by atoms with E-state index in [0.29, 0.717) is 54.9 Å². The summed E-state index contributed by atoms with van der Waals surface area (Å²) in [5.74, 6) is 1.73. The number of ether oxygens (including phenoxy) is 1. The number of aliphatic hydroxyl groups is 2. The number of amides is 1. The Morgan fingerprint density at radius 1 is 1.00 bits per heavy atom. The molecule has 12 atom stereocenters. The van der Waals surface area contributed by atoms with Gasteiger partial charge in [0.2, 0.25) is 5.91 Å². The van der Waals surface area contributed by atoms with E-state index in [0.717, 1.165) is 51.4 Å². The van der Waals surface area contributed by atoms with Crippen molar-refractivity contribution in [2.24, 2.45) is 46.3 Å². The van der Waals surface area contributed by atoms with Crippen molar-refractivity contribution in [2.45, 2.75) is 116 Å². The largest absolute Gasteiger partial charge is 0.480 e. The second kappa shape index (κ2) is 10.1. The Balaban J connectivity index is 1.25. The lowest BCUT2D eigenvalue weighted by molar-refractivity contribution is -0.174. The molecule has 7 heteroatoms. The predicted molar refractivity (Wildman–Crippen MR) is 140 cm³/mol. The molecule has 5 aliphatic rings. The van der Waals surface area contributed by atoms with Crippen LogP contribution in [-0.4, -0.2) is 70.1 Å². The van der Waals surface area contributed by atoms with Gasteiger partial charge in [0.05, 0.1) is 18.3 Å². The zero-order valence-corrected chi connectivity index (χ0v) is 23.3. The number of likely N-dealkylation sites (tertiary alicyclic amines) is 1. The standard InChI is InChI=1S/C30H49NO6/c1-17(5-8-26(34)31-16-20(37-4)15-24(31)28(35)36)21-6-7-22-27-23(10-12-30(21,22)3)29(2)11-9-19(32)13-18(29)14-25(27)33/h17-25,27,32-33H,5-16H2,1-4H3,(H,35,36)/t17-,18+,19-,20?,21-,22+,23+,24+,25+,27+,29+,30-/m1/s1. The number of aliphatic hydroxyl groups excluding tert-OH is 2. The molecule has 210 valence electrons. The van der Waals surface area contributed by atoms with Crippen LogP contribution in [0.1, 0.15) is 91.4 Å². The maximum atomic E-state index is 13.1. The summed E-state index contributed by atoms with van der Waals surface area (Å²) in [7, 11) is 1.58. The van der Waals surface area contributed by atoms with E-state index < -0.39 is 12.0 Å². The first-order valence-electron chi connectivity index (χ1n) is 14.9. The minimum Gasteiger partial charge on any atom is -0.480 e. The number of methoxy groups -OCH3 is 1. The zero-order valence-electron chi connectivity index (χ0n) is 23.3. The van der Waals surface area contributed by atoms with Crippen LogP contribution >= 0.6 is 0 Å². The fourth-order valence-corrected chi connectivity index (χ4v) is 10.3. The second-order valence-corrected chi connectivity index (χ2v) is 14.0. The summed E-state index contributed by atoms with van der Waals surface area (Å²) in [5, 5.41) is 31.4. The molecule has 0 spiro atoms. The second-order valence-electron chi connectivity index (χ2n) is 14.0. The van der Waals surface area contributed by atoms with E-state index in [4.69, 9.17) is 4.74 Å². The number of carbonyl (C=O) groups excluding carboxylic acids is 1. The molecule has 5 rings (SSSR count). The van der Waals surface area contributed by atoms with Crippen molar-refractivity contribution in [1.82, 2.24) is 4.90 Å². The monoisotopic (exact) mass is 519 g/mol. The Morgan fingerprint density at radius 3 is 2.41 bits per heavy atom. The van der Waals surface area contributed by atoms with Crippen molar-refractivity contribution >= 4 is 11.9 Å². The smallest absolute Gasteiger partial charge is 0.326 e. The van der Waals surface area contributed by atoms with Crippen molar-refractivity contribution in [3.05, 3.63) is 0 Å². The summed E-state index contributed by atoms with van der Waals surface area (Å²) < 4.78 is 5.36. The molecule has 0 aromatic heterocycles. The first-order chi connectivity index (χ1) is 17.5. The van der Waals surface area contributed by atoms with Gasteiger partial charge in [-0.05, 0) is 104 Å². The Hall–Kier alpha value is -1.18.